The van der Waals surface area contributed by atoms with Crippen LogP contribution >= 0.6 is 0 Å². The Morgan fingerprint density at radius 3 is 1.36 bits per heavy atom. The zero-order valence-electron chi connectivity index (χ0n) is 33.7. The molecular weight excluding hydrogens is 774 g/mol. The zero-order chi connectivity index (χ0) is 39.1. The molecule has 0 aliphatic rings. The highest BCUT2D eigenvalue weighted by Gasteiger charge is 2.17. The Balaban J connectivity index is 0.000000543. The van der Waals surface area contributed by atoms with Gasteiger partial charge >= 0.3 is 5.95 Å². The molecular formula is C38H54ClN11O8. The monoisotopic (exact) mass is 827 g/mol. The minimum absolute atomic E-state index is 0. The highest BCUT2D eigenvalue weighted by atomic mass is 35.5. The number of nitrogens with zero attached hydrogens (tertiary/aromatic N) is 3. The van der Waals surface area contributed by atoms with E-state index >= 15 is 0 Å². The van der Waals surface area contributed by atoms with Crippen LogP contribution in [0, 0.1) is 13.8 Å². The van der Waals surface area contributed by atoms with Crippen molar-refractivity contribution in [3.8, 4) is 34.5 Å². The van der Waals surface area contributed by atoms with E-state index in [1.165, 1.54) is 0 Å². The fourth-order valence-electron chi connectivity index (χ4n) is 6.16. The van der Waals surface area contributed by atoms with Crippen molar-refractivity contribution < 1.29 is 56.8 Å². The van der Waals surface area contributed by atoms with Gasteiger partial charge in [-0.1, -0.05) is 12.1 Å². The smallest absolute Gasteiger partial charge is 0.342 e. The molecule has 0 amide bonds. The Morgan fingerprint density at radius 1 is 0.569 bits per heavy atom. The van der Waals surface area contributed by atoms with Gasteiger partial charge < -0.3 is 91.5 Å². The number of ether oxygens (including phenoxy) is 6. The normalized spacial score (nSPS) is 9.93. The predicted molar refractivity (Wildman–Crippen MR) is 224 cm³/mol. The molecule has 0 spiro atoms. The minimum Gasteiger partial charge on any atom is -1.00 e. The van der Waals surface area contributed by atoms with Crippen molar-refractivity contribution in [3.63, 3.8) is 0 Å². The Hall–Kier alpha value is -6.67. The van der Waals surface area contributed by atoms with Crippen molar-refractivity contribution in [3.05, 3.63) is 70.8 Å². The number of halogens is 1. The number of aromatic amines is 1. The number of benzene rings is 4. The summed E-state index contributed by atoms with van der Waals surface area (Å²) >= 11 is 0. The Kier molecular flexibility index (Phi) is 18.4. The molecule has 0 fully saturated rings. The van der Waals surface area contributed by atoms with E-state index in [1.54, 1.807) is 42.7 Å². The van der Waals surface area contributed by atoms with E-state index in [2.05, 4.69) is 30.6 Å². The number of anilines is 6. The van der Waals surface area contributed by atoms with Crippen LogP contribution in [0.25, 0.3) is 21.8 Å². The molecule has 18 N–H and O–H groups in total. The Labute approximate surface area is 342 Å². The molecule has 0 saturated carbocycles. The predicted octanol–water partition coefficient (Wildman–Crippen LogP) is 0.417. The van der Waals surface area contributed by atoms with Crippen LogP contribution in [-0.2, 0) is 13.1 Å². The first-order chi connectivity index (χ1) is 26.0. The van der Waals surface area contributed by atoms with Crippen LogP contribution < -0.4 is 85.5 Å². The zero-order valence-corrected chi connectivity index (χ0v) is 34.5. The van der Waals surface area contributed by atoms with Gasteiger partial charge in [-0.3, -0.25) is 0 Å². The first-order valence-electron chi connectivity index (χ1n) is 16.7. The lowest BCUT2D eigenvalue weighted by atomic mass is 10.0. The summed E-state index contributed by atoms with van der Waals surface area (Å²) in [6.45, 7) is 5.16. The van der Waals surface area contributed by atoms with Crippen LogP contribution in [0.1, 0.15) is 22.3 Å². The molecule has 20 heteroatoms. The van der Waals surface area contributed by atoms with Crippen molar-refractivity contribution in [2.24, 2.45) is 0 Å². The maximum atomic E-state index is 6.10. The molecule has 0 bridgehead atoms. The molecule has 0 aliphatic carbocycles. The lowest BCUT2D eigenvalue weighted by molar-refractivity contribution is -0.344. The second-order valence-electron chi connectivity index (χ2n) is 12.0. The second kappa shape index (κ2) is 21.6. The average molecular weight is 828 g/mol. The summed E-state index contributed by atoms with van der Waals surface area (Å²) in [5.41, 5.74) is 30.9. The Bertz CT molecular complexity index is 2110. The molecule has 6 rings (SSSR count). The first-order valence-corrected chi connectivity index (χ1v) is 16.7. The van der Waals surface area contributed by atoms with Crippen molar-refractivity contribution in [1.82, 2.24) is 21.1 Å². The largest absolute Gasteiger partial charge is 1.00 e. The van der Waals surface area contributed by atoms with Gasteiger partial charge in [0, 0.05) is 54.1 Å². The maximum absolute atomic E-state index is 6.10. The van der Waals surface area contributed by atoms with E-state index in [1.807, 2.05) is 62.4 Å². The van der Waals surface area contributed by atoms with Crippen LogP contribution in [0.2, 0.25) is 0 Å². The van der Waals surface area contributed by atoms with Crippen molar-refractivity contribution in [2.75, 3.05) is 76.2 Å². The van der Waals surface area contributed by atoms with Crippen LogP contribution in [0.4, 0.5) is 34.9 Å². The van der Waals surface area contributed by atoms with Crippen molar-refractivity contribution in [2.45, 2.75) is 26.9 Å². The van der Waals surface area contributed by atoms with Gasteiger partial charge in [0.15, 0.2) is 23.0 Å². The molecule has 58 heavy (non-hydrogen) atoms. The number of H-pyrrole nitrogens is 1. The van der Waals surface area contributed by atoms with Gasteiger partial charge in [-0.25, -0.2) is 9.97 Å². The van der Waals surface area contributed by atoms with Crippen molar-refractivity contribution >= 4 is 56.7 Å². The molecule has 19 nitrogen and oxygen atoms in total. The quantitative estimate of drug-likeness (QED) is 0.0879. The molecule has 0 aliphatic heterocycles. The van der Waals surface area contributed by atoms with E-state index in [4.69, 9.17) is 51.4 Å². The molecule has 316 valence electrons. The summed E-state index contributed by atoms with van der Waals surface area (Å²) in [6, 6.07) is 15.2. The second-order valence-corrected chi connectivity index (χ2v) is 12.0. The van der Waals surface area contributed by atoms with Crippen LogP contribution in [0.3, 0.4) is 0 Å². The van der Waals surface area contributed by atoms with Gasteiger partial charge in [0.05, 0.1) is 53.6 Å². The number of aromatic nitrogens is 4. The van der Waals surface area contributed by atoms with E-state index in [-0.39, 0.29) is 35.5 Å². The van der Waals surface area contributed by atoms with E-state index < -0.39 is 0 Å². The number of aryl methyl sites for hydroxylation is 2. The fourth-order valence-corrected chi connectivity index (χ4v) is 6.16. The number of nitrogen functional groups attached to an aromatic ring is 4. The average Bonchev–Trinajstić information content (AvgIpc) is 3.16. The molecule has 2 heterocycles. The molecule has 0 saturated heterocycles. The fraction of sp³-hybridized carbons (Fsp3) is 0.263. The number of hydrogen-bond acceptors (Lipinski definition) is 16. The molecule has 4 aromatic carbocycles. The topological polar surface area (TPSA) is 334 Å². The summed E-state index contributed by atoms with van der Waals surface area (Å²) in [7, 11) is 9.50. The standard InChI is InChI=1S/2C19H23N5O3.ClH.H3N.2H2O/c2*1-10-11(5-6-13-16(10)18(20)24-19(21)23-13)9-22-12-7-14(25-2)17(27-4)15(8-12)26-3;;;;/h2*5-8,22H,9H2,1-4H3,(H4,20,21,23,24);1H;1H3;2*1H2. The third-order valence-electron chi connectivity index (χ3n) is 8.90. The SMILES string of the molecule is COc1cc(NCc2ccc3nc(N)[nH+]c(N)c3c2C)cc(OC)c1OC.COc1cc(NCc2ccc3nc(N)nc(N)c3c2C)cc(OC)c1OC.N.O.O.[Cl-]. The third kappa shape index (κ3) is 10.4. The van der Waals surface area contributed by atoms with Crippen LogP contribution in [0.15, 0.2) is 48.5 Å². The van der Waals surface area contributed by atoms with E-state index in [0.29, 0.717) is 65.2 Å². The minimum atomic E-state index is 0. The number of methoxy groups -OCH3 is 6. The van der Waals surface area contributed by atoms with Crippen LogP contribution in [0.5, 0.6) is 34.5 Å². The van der Waals surface area contributed by atoms with Gasteiger partial charge in [-0.2, -0.15) is 4.98 Å². The number of rotatable bonds is 12. The van der Waals surface area contributed by atoms with Gasteiger partial charge in [-0.15, -0.1) is 4.98 Å². The highest BCUT2D eigenvalue weighted by molar-refractivity contribution is 5.93. The summed E-state index contributed by atoms with van der Waals surface area (Å²) < 4.78 is 32.3. The van der Waals surface area contributed by atoms with Crippen LogP contribution in [-0.4, -0.2) is 68.6 Å². The number of nitrogens with one attached hydrogen (secondary N) is 3. The highest BCUT2D eigenvalue weighted by Crippen LogP contribution is 2.41. The summed E-state index contributed by atoms with van der Waals surface area (Å²) in [6.07, 6.45) is 0. The third-order valence-corrected chi connectivity index (χ3v) is 8.90. The number of fused-ring (bicyclic) bond motifs is 2. The van der Waals surface area contributed by atoms with Crippen molar-refractivity contribution in [1.29, 1.82) is 0 Å². The molecule has 0 unspecified atom stereocenters. The van der Waals surface area contributed by atoms with E-state index in [0.717, 1.165) is 55.4 Å². The lowest BCUT2D eigenvalue weighted by Gasteiger charge is -2.16. The summed E-state index contributed by atoms with van der Waals surface area (Å²) in [4.78, 5) is 15.5. The Morgan fingerprint density at radius 2 is 0.966 bits per heavy atom. The summed E-state index contributed by atoms with van der Waals surface area (Å²) in [5.74, 6) is 4.81. The number of nitrogens with two attached hydrogens (primary N) is 4. The number of hydrogen-bond donors (Lipinski definition) is 7. The van der Waals surface area contributed by atoms with Gasteiger partial charge in [-0.05, 0) is 48.2 Å². The summed E-state index contributed by atoms with van der Waals surface area (Å²) in [5, 5.41) is 8.44. The van der Waals surface area contributed by atoms with E-state index in [9.17, 15) is 0 Å². The molecule has 2 aromatic heterocycles. The molecule has 0 radical (unpaired) electrons. The van der Waals surface area contributed by atoms with Gasteiger partial charge in [0.2, 0.25) is 23.3 Å². The molecule has 6 aromatic rings. The maximum Gasteiger partial charge on any atom is 0.342 e. The van der Waals surface area contributed by atoms with Gasteiger partial charge in [0.1, 0.15) is 11.3 Å². The van der Waals surface area contributed by atoms with Gasteiger partial charge in [0.25, 0.3) is 0 Å². The lowest BCUT2D eigenvalue weighted by Crippen LogP contribution is -3.00. The molecule has 0 atom stereocenters. The first kappa shape index (κ1) is 49.3.